The normalized spacial score (nSPS) is 14.4. The van der Waals surface area contributed by atoms with Gasteiger partial charge in [-0.25, -0.2) is 4.79 Å². The van der Waals surface area contributed by atoms with Crippen LogP contribution < -0.4 is 10.2 Å². The standard InChI is InChI=1S/C15H15NO4/c1-20-10-4-5-11-12(6-10)16(8-9-2-3-9)13(15(18)19)7-14(11)17/h4-7,9H,2-3,8H2,1H3,(H,18,19). The molecule has 0 atom stereocenters. The van der Waals surface area contributed by atoms with Gasteiger partial charge in [0.2, 0.25) is 0 Å². The predicted octanol–water partition coefficient (Wildman–Crippen LogP) is 2.12. The van der Waals surface area contributed by atoms with Crippen LogP contribution >= 0.6 is 0 Å². The van der Waals surface area contributed by atoms with Gasteiger partial charge in [-0.1, -0.05) is 0 Å². The van der Waals surface area contributed by atoms with E-state index < -0.39 is 5.97 Å². The number of pyridine rings is 1. The van der Waals surface area contributed by atoms with Crippen molar-refractivity contribution < 1.29 is 14.6 Å². The van der Waals surface area contributed by atoms with E-state index in [-0.39, 0.29) is 11.1 Å². The van der Waals surface area contributed by atoms with Gasteiger partial charge >= 0.3 is 5.97 Å². The number of hydrogen-bond donors (Lipinski definition) is 1. The molecule has 5 nitrogen and oxygen atoms in total. The fourth-order valence-electron chi connectivity index (χ4n) is 2.41. The third-order valence-electron chi connectivity index (χ3n) is 3.68. The average molecular weight is 273 g/mol. The van der Waals surface area contributed by atoms with Gasteiger partial charge < -0.3 is 14.4 Å². The zero-order valence-corrected chi connectivity index (χ0v) is 11.1. The lowest BCUT2D eigenvalue weighted by molar-refractivity contribution is 0.0684. The van der Waals surface area contributed by atoms with Crippen molar-refractivity contribution in [1.29, 1.82) is 0 Å². The molecule has 0 amide bonds. The van der Waals surface area contributed by atoms with Gasteiger partial charge in [-0.15, -0.1) is 0 Å². The molecule has 1 fully saturated rings. The minimum Gasteiger partial charge on any atom is -0.497 e. The summed E-state index contributed by atoms with van der Waals surface area (Å²) in [6.07, 6.45) is 2.22. The third-order valence-corrected chi connectivity index (χ3v) is 3.68. The van der Waals surface area contributed by atoms with E-state index in [2.05, 4.69) is 0 Å². The highest BCUT2D eigenvalue weighted by atomic mass is 16.5. The number of nitrogens with zero attached hydrogens (tertiary/aromatic N) is 1. The van der Waals surface area contributed by atoms with Gasteiger partial charge in [-0.05, 0) is 30.9 Å². The fraction of sp³-hybridized carbons (Fsp3) is 0.333. The Balaban J connectivity index is 2.31. The Morgan fingerprint density at radius 2 is 2.15 bits per heavy atom. The Bertz CT molecular complexity index is 743. The summed E-state index contributed by atoms with van der Waals surface area (Å²) in [5, 5.41) is 9.84. The first kappa shape index (κ1) is 12.7. The van der Waals surface area contributed by atoms with Crippen molar-refractivity contribution in [3.63, 3.8) is 0 Å². The lowest BCUT2D eigenvalue weighted by Crippen LogP contribution is -2.19. The lowest BCUT2D eigenvalue weighted by Gasteiger charge is -2.14. The summed E-state index contributed by atoms with van der Waals surface area (Å²) in [5.74, 6) is 0.0430. The van der Waals surface area contributed by atoms with E-state index in [1.807, 2.05) is 0 Å². The van der Waals surface area contributed by atoms with E-state index in [0.717, 1.165) is 12.8 Å². The molecule has 3 rings (SSSR count). The van der Waals surface area contributed by atoms with E-state index >= 15 is 0 Å². The highest BCUT2D eigenvalue weighted by Gasteiger charge is 2.25. The number of aromatic nitrogens is 1. The summed E-state index contributed by atoms with van der Waals surface area (Å²) in [5.41, 5.74) is 0.399. The number of hydrogen-bond acceptors (Lipinski definition) is 3. The molecule has 0 unspecified atom stereocenters. The first-order chi connectivity index (χ1) is 9.60. The smallest absolute Gasteiger partial charge is 0.352 e. The quantitative estimate of drug-likeness (QED) is 0.926. The van der Waals surface area contributed by atoms with Crippen LogP contribution in [0.25, 0.3) is 10.9 Å². The molecule has 0 aliphatic heterocycles. The van der Waals surface area contributed by atoms with Gasteiger partial charge in [0, 0.05) is 24.1 Å². The van der Waals surface area contributed by atoms with E-state index in [1.165, 1.54) is 6.07 Å². The number of carboxylic acid groups (broad SMARTS) is 1. The number of rotatable bonds is 4. The highest BCUT2D eigenvalue weighted by molar-refractivity contribution is 5.91. The molecule has 104 valence electrons. The first-order valence-electron chi connectivity index (χ1n) is 6.55. The second-order valence-electron chi connectivity index (χ2n) is 5.14. The molecule has 1 aromatic heterocycles. The number of carboxylic acids is 1. The first-order valence-corrected chi connectivity index (χ1v) is 6.55. The highest BCUT2D eigenvalue weighted by Crippen LogP contribution is 2.32. The molecule has 1 aliphatic rings. The van der Waals surface area contributed by atoms with Gasteiger partial charge in [-0.3, -0.25) is 4.79 Å². The molecule has 0 spiro atoms. The number of ether oxygens (including phenoxy) is 1. The van der Waals surface area contributed by atoms with Crippen molar-refractivity contribution in [3.05, 3.63) is 40.2 Å². The molecular formula is C15H15NO4. The van der Waals surface area contributed by atoms with Crippen LogP contribution in [-0.4, -0.2) is 22.8 Å². The maximum atomic E-state index is 12.0. The molecule has 1 aromatic carbocycles. The molecule has 1 N–H and O–H groups in total. The van der Waals surface area contributed by atoms with Crippen LogP contribution in [0.2, 0.25) is 0 Å². The van der Waals surface area contributed by atoms with Crippen LogP contribution in [0, 0.1) is 5.92 Å². The van der Waals surface area contributed by atoms with Crippen LogP contribution in [0.3, 0.4) is 0 Å². The summed E-state index contributed by atoms with van der Waals surface area (Å²) in [6.45, 7) is 0.631. The largest absolute Gasteiger partial charge is 0.497 e. The monoisotopic (exact) mass is 273 g/mol. The van der Waals surface area contributed by atoms with E-state index in [9.17, 15) is 14.7 Å². The molecule has 1 saturated carbocycles. The summed E-state index contributed by atoms with van der Waals surface area (Å²) < 4.78 is 6.90. The number of carbonyl (C=O) groups is 1. The topological polar surface area (TPSA) is 68.5 Å². The van der Waals surface area contributed by atoms with Crippen LogP contribution in [0.15, 0.2) is 29.1 Å². The summed E-state index contributed by atoms with van der Waals surface area (Å²) in [7, 11) is 1.55. The van der Waals surface area contributed by atoms with Crippen LogP contribution in [0.5, 0.6) is 5.75 Å². The molecule has 2 aromatic rings. The Kier molecular flexibility index (Phi) is 2.97. The SMILES string of the molecule is COc1ccc2c(=O)cc(C(=O)O)n(CC3CC3)c2c1. The number of fused-ring (bicyclic) bond motifs is 1. The van der Waals surface area contributed by atoms with Crippen molar-refractivity contribution in [2.24, 2.45) is 5.92 Å². The summed E-state index contributed by atoms with van der Waals surface area (Å²) in [6, 6.07) is 6.34. The molecule has 5 heteroatoms. The van der Waals surface area contributed by atoms with Crippen LogP contribution in [-0.2, 0) is 6.54 Å². The Morgan fingerprint density at radius 3 is 2.75 bits per heavy atom. The second kappa shape index (κ2) is 4.67. The van der Waals surface area contributed by atoms with Crippen molar-refractivity contribution in [2.75, 3.05) is 7.11 Å². The zero-order valence-electron chi connectivity index (χ0n) is 11.1. The Hall–Kier alpha value is -2.30. The van der Waals surface area contributed by atoms with Crippen molar-refractivity contribution in [3.8, 4) is 5.75 Å². The molecule has 20 heavy (non-hydrogen) atoms. The number of benzene rings is 1. The van der Waals surface area contributed by atoms with Crippen LogP contribution in [0.1, 0.15) is 23.3 Å². The third kappa shape index (κ3) is 2.15. The maximum absolute atomic E-state index is 12.0. The molecule has 0 bridgehead atoms. The molecule has 1 heterocycles. The van der Waals surface area contributed by atoms with Gasteiger partial charge in [0.25, 0.3) is 0 Å². The van der Waals surface area contributed by atoms with E-state index in [0.29, 0.717) is 29.1 Å². The fourth-order valence-corrected chi connectivity index (χ4v) is 2.41. The number of aromatic carboxylic acids is 1. The van der Waals surface area contributed by atoms with Gasteiger partial charge in [-0.2, -0.15) is 0 Å². The summed E-state index contributed by atoms with van der Waals surface area (Å²) >= 11 is 0. The van der Waals surface area contributed by atoms with Crippen molar-refractivity contribution >= 4 is 16.9 Å². The van der Waals surface area contributed by atoms with Gasteiger partial charge in [0.1, 0.15) is 11.4 Å². The average Bonchev–Trinajstić information content (AvgIpc) is 3.25. The second-order valence-corrected chi connectivity index (χ2v) is 5.14. The molecule has 0 saturated heterocycles. The Morgan fingerprint density at radius 1 is 1.40 bits per heavy atom. The van der Waals surface area contributed by atoms with Crippen molar-refractivity contribution in [2.45, 2.75) is 19.4 Å². The minimum atomic E-state index is -1.08. The minimum absolute atomic E-state index is 0.0441. The maximum Gasteiger partial charge on any atom is 0.352 e. The van der Waals surface area contributed by atoms with Crippen molar-refractivity contribution in [1.82, 2.24) is 4.57 Å². The Labute approximate surface area is 115 Å². The van der Waals surface area contributed by atoms with Gasteiger partial charge in [0.05, 0.1) is 12.6 Å². The number of methoxy groups -OCH3 is 1. The molecule has 0 radical (unpaired) electrons. The van der Waals surface area contributed by atoms with E-state index in [1.54, 1.807) is 29.9 Å². The predicted molar refractivity (Wildman–Crippen MR) is 74.4 cm³/mol. The molecular weight excluding hydrogens is 258 g/mol. The van der Waals surface area contributed by atoms with E-state index in [4.69, 9.17) is 4.74 Å². The summed E-state index contributed by atoms with van der Waals surface area (Å²) in [4.78, 5) is 23.4. The van der Waals surface area contributed by atoms with Crippen LogP contribution in [0.4, 0.5) is 0 Å². The van der Waals surface area contributed by atoms with Gasteiger partial charge in [0.15, 0.2) is 5.43 Å². The molecule has 1 aliphatic carbocycles. The lowest BCUT2D eigenvalue weighted by atomic mass is 10.1. The zero-order chi connectivity index (χ0) is 14.3.